The van der Waals surface area contributed by atoms with Gasteiger partial charge in [0.05, 0.1) is 20.1 Å². The first kappa shape index (κ1) is 12.4. The number of pyridine rings is 1. The molecule has 0 radical (unpaired) electrons. The molecule has 18 heavy (non-hydrogen) atoms. The van der Waals surface area contributed by atoms with Crippen LogP contribution in [0.25, 0.3) is 10.9 Å². The first-order valence-corrected chi connectivity index (χ1v) is 5.82. The lowest BCUT2D eigenvalue weighted by atomic mass is 10.1. The number of hydrogen-bond donors (Lipinski definition) is 0. The van der Waals surface area contributed by atoms with E-state index in [-0.39, 0.29) is 12.4 Å². The maximum absolute atomic E-state index is 11.4. The van der Waals surface area contributed by atoms with Crippen LogP contribution < -0.4 is 4.74 Å². The van der Waals surface area contributed by atoms with Crippen LogP contribution >= 0.6 is 0 Å². The van der Waals surface area contributed by atoms with Crippen LogP contribution in [0.15, 0.2) is 30.5 Å². The van der Waals surface area contributed by atoms with Gasteiger partial charge in [-0.05, 0) is 24.6 Å². The second kappa shape index (κ2) is 5.49. The Morgan fingerprint density at radius 3 is 2.89 bits per heavy atom. The molecular weight excluding hydrogens is 230 g/mol. The SMILES string of the molecule is CCOc1ccc(CC(=O)OC)c2cccnc12. The van der Waals surface area contributed by atoms with E-state index in [1.54, 1.807) is 6.20 Å². The Balaban J connectivity index is 2.50. The van der Waals surface area contributed by atoms with Gasteiger partial charge in [0.15, 0.2) is 0 Å². The molecule has 0 fully saturated rings. The predicted molar refractivity (Wildman–Crippen MR) is 68.6 cm³/mol. The minimum atomic E-state index is -0.260. The Hall–Kier alpha value is -2.10. The van der Waals surface area contributed by atoms with Crippen LogP contribution in [-0.2, 0) is 16.0 Å². The van der Waals surface area contributed by atoms with E-state index in [0.29, 0.717) is 6.61 Å². The summed E-state index contributed by atoms with van der Waals surface area (Å²) in [7, 11) is 1.39. The third kappa shape index (κ3) is 2.42. The van der Waals surface area contributed by atoms with E-state index in [0.717, 1.165) is 22.2 Å². The number of benzene rings is 1. The van der Waals surface area contributed by atoms with Crippen molar-refractivity contribution in [2.75, 3.05) is 13.7 Å². The van der Waals surface area contributed by atoms with E-state index in [1.165, 1.54) is 7.11 Å². The van der Waals surface area contributed by atoms with Crippen LogP contribution in [0.3, 0.4) is 0 Å². The van der Waals surface area contributed by atoms with Gasteiger partial charge in [-0.1, -0.05) is 12.1 Å². The molecule has 0 spiro atoms. The molecule has 0 aliphatic rings. The van der Waals surface area contributed by atoms with Crippen molar-refractivity contribution in [3.05, 3.63) is 36.0 Å². The number of ether oxygens (including phenoxy) is 2. The Morgan fingerprint density at radius 1 is 1.33 bits per heavy atom. The number of methoxy groups -OCH3 is 1. The smallest absolute Gasteiger partial charge is 0.310 e. The van der Waals surface area contributed by atoms with Crippen molar-refractivity contribution in [3.63, 3.8) is 0 Å². The van der Waals surface area contributed by atoms with E-state index in [2.05, 4.69) is 4.98 Å². The van der Waals surface area contributed by atoms with Crippen LogP contribution in [0.2, 0.25) is 0 Å². The first-order chi connectivity index (χ1) is 8.76. The van der Waals surface area contributed by atoms with E-state index in [1.807, 2.05) is 31.2 Å². The maximum atomic E-state index is 11.4. The van der Waals surface area contributed by atoms with E-state index >= 15 is 0 Å². The molecule has 0 atom stereocenters. The lowest BCUT2D eigenvalue weighted by Crippen LogP contribution is -2.05. The maximum Gasteiger partial charge on any atom is 0.310 e. The van der Waals surface area contributed by atoms with E-state index < -0.39 is 0 Å². The molecule has 2 rings (SSSR count). The molecular formula is C14H15NO3. The van der Waals surface area contributed by atoms with Gasteiger partial charge in [0.1, 0.15) is 11.3 Å². The molecule has 0 saturated heterocycles. The highest BCUT2D eigenvalue weighted by Crippen LogP contribution is 2.27. The first-order valence-electron chi connectivity index (χ1n) is 5.82. The Labute approximate surface area is 106 Å². The zero-order valence-electron chi connectivity index (χ0n) is 10.5. The Bertz CT molecular complexity index is 566. The Morgan fingerprint density at radius 2 is 2.17 bits per heavy atom. The summed E-state index contributed by atoms with van der Waals surface area (Å²) < 4.78 is 10.2. The number of rotatable bonds is 4. The van der Waals surface area contributed by atoms with Gasteiger partial charge in [-0.3, -0.25) is 9.78 Å². The summed E-state index contributed by atoms with van der Waals surface area (Å²) in [4.78, 5) is 15.7. The number of nitrogens with zero attached hydrogens (tertiary/aromatic N) is 1. The van der Waals surface area contributed by atoms with Gasteiger partial charge in [0, 0.05) is 11.6 Å². The van der Waals surface area contributed by atoms with Crippen molar-refractivity contribution in [2.24, 2.45) is 0 Å². The average Bonchev–Trinajstić information content (AvgIpc) is 2.41. The minimum absolute atomic E-state index is 0.241. The lowest BCUT2D eigenvalue weighted by molar-refractivity contribution is -0.139. The highest BCUT2D eigenvalue weighted by Gasteiger charge is 2.10. The van der Waals surface area contributed by atoms with E-state index in [4.69, 9.17) is 9.47 Å². The van der Waals surface area contributed by atoms with E-state index in [9.17, 15) is 4.79 Å². The summed E-state index contributed by atoms with van der Waals surface area (Å²) in [5, 5.41) is 0.925. The molecule has 0 aliphatic carbocycles. The second-order valence-electron chi connectivity index (χ2n) is 3.81. The quantitative estimate of drug-likeness (QED) is 0.776. The average molecular weight is 245 g/mol. The molecule has 4 nitrogen and oxygen atoms in total. The number of carbonyl (C=O) groups excluding carboxylic acids is 1. The molecule has 2 aromatic rings. The van der Waals surface area contributed by atoms with Crippen molar-refractivity contribution >= 4 is 16.9 Å². The van der Waals surface area contributed by atoms with Crippen molar-refractivity contribution in [3.8, 4) is 5.75 Å². The molecule has 1 heterocycles. The van der Waals surface area contributed by atoms with Crippen molar-refractivity contribution in [1.82, 2.24) is 4.98 Å². The fourth-order valence-electron chi connectivity index (χ4n) is 1.86. The summed E-state index contributed by atoms with van der Waals surface area (Å²) >= 11 is 0. The zero-order chi connectivity index (χ0) is 13.0. The third-order valence-corrected chi connectivity index (χ3v) is 2.69. The van der Waals surface area contributed by atoms with Crippen molar-refractivity contribution in [1.29, 1.82) is 0 Å². The number of carbonyl (C=O) groups is 1. The van der Waals surface area contributed by atoms with Crippen LogP contribution in [-0.4, -0.2) is 24.7 Å². The third-order valence-electron chi connectivity index (χ3n) is 2.69. The molecule has 0 unspecified atom stereocenters. The van der Waals surface area contributed by atoms with Gasteiger partial charge < -0.3 is 9.47 Å². The highest BCUT2D eigenvalue weighted by atomic mass is 16.5. The summed E-state index contributed by atoms with van der Waals surface area (Å²) in [5.74, 6) is 0.478. The van der Waals surface area contributed by atoms with Crippen LogP contribution in [0.4, 0.5) is 0 Å². The second-order valence-corrected chi connectivity index (χ2v) is 3.81. The van der Waals surface area contributed by atoms with Gasteiger partial charge >= 0.3 is 5.97 Å². The van der Waals surface area contributed by atoms with Gasteiger partial charge in [-0.25, -0.2) is 0 Å². The number of fused-ring (bicyclic) bond motifs is 1. The van der Waals surface area contributed by atoms with Crippen LogP contribution in [0.5, 0.6) is 5.75 Å². The van der Waals surface area contributed by atoms with Crippen molar-refractivity contribution in [2.45, 2.75) is 13.3 Å². The van der Waals surface area contributed by atoms with Gasteiger partial charge in [0.2, 0.25) is 0 Å². The summed E-state index contributed by atoms with van der Waals surface area (Å²) in [6, 6.07) is 7.50. The summed E-state index contributed by atoms with van der Waals surface area (Å²) in [6.07, 6.45) is 1.96. The molecule has 0 N–H and O–H groups in total. The molecule has 0 bridgehead atoms. The Kier molecular flexibility index (Phi) is 3.77. The molecule has 0 saturated carbocycles. The molecule has 0 aliphatic heterocycles. The fraction of sp³-hybridized carbons (Fsp3) is 0.286. The van der Waals surface area contributed by atoms with Gasteiger partial charge in [-0.15, -0.1) is 0 Å². The molecule has 1 aromatic heterocycles. The summed E-state index contributed by atoms with van der Waals surface area (Å²) in [6.45, 7) is 2.51. The van der Waals surface area contributed by atoms with Gasteiger partial charge in [0.25, 0.3) is 0 Å². The molecule has 94 valence electrons. The molecule has 0 amide bonds. The lowest BCUT2D eigenvalue weighted by Gasteiger charge is -2.10. The van der Waals surface area contributed by atoms with Crippen LogP contribution in [0, 0.1) is 0 Å². The zero-order valence-corrected chi connectivity index (χ0v) is 10.5. The standard InChI is InChI=1S/C14H15NO3/c1-3-18-12-7-6-10(9-13(16)17-2)11-5-4-8-15-14(11)12/h4-8H,3,9H2,1-2H3. The molecule has 4 heteroatoms. The summed E-state index contributed by atoms with van der Waals surface area (Å²) in [5.41, 5.74) is 1.68. The van der Waals surface area contributed by atoms with Crippen molar-refractivity contribution < 1.29 is 14.3 Å². The normalized spacial score (nSPS) is 10.3. The largest absolute Gasteiger partial charge is 0.492 e. The number of hydrogen-bond acceptors (Lipinski definition) is 4. The number of aromatic nitrogens is 1. The minimum Gasteiger partial charge on any atom is -0.492 e. The van der Waals surface area contributed by atoms with Crippen LogP contribution in [0.1, 0.15) is 12.5 Å². The van der Waals surface area contributed by atoms with Gasteiger partial charge in [-0.2, -0.15) is 0 Å². The number of esters is 1. The highest BCUT2D eigenvalue weighted by molar-refractivity contribution is 5.90. The topological polar surface area (TPSA) is 48.4 Å². The molecule has 1 aromatic carbocycles. The monoisotopic (exact) mass is 245 g/mol. The predicted octanol–water partition coefficient (Wildman–Crippen LogP) is 2.35. The fourth-order valence-corrected chi connectivity index (χ4v) is 1.86.